The number of anilines is 1. The largest absolute Gasteiger partial charge is 0.488 e. The molecule has 0 spiro atoms. The maximum atomic E-state index is 11.2. The van der Waals surface area contributed by atoms with Crippen LogP contribution in [0, 0.1) is 20.2 Å². The molecule has 0 saturated carbocycles. The van der Waals surface area contributed by atoms with Crippen LogP contribution >= 0.6 is 0 Å². The minimum Gasteiger partial charge on any atom is -0.488 e. The van der Waals surface area contributed by atoms with E-state index in [-0.39, 0.29) is 11.4 Å². The van der Waals surface area contributed by atoms with Crippen LogP contribution in [0.4, 0.5) is 17.1 Å². The lowest BCUT2D eigenvalue weighted by atomic mass is 10.2. The summed E-state index contributed by atoms with van der Waals surface area (Å²) in [5.41, 5.74) is 3.47. The van der Waals surface area contributed by atoms with E-state index in [0.717, 1.165) is 11.6 Å². The molecule has 0 radical (unpaired) electrons. The summed E-state index contributed by atoms with van der Waals surface area (Å²) in [7, 11) is 0. The van der Waals surface area contributed by atoms with E-state index < -0.39 is 15.5 Å². The molecule has 146 valence electrons. The van der Waals surface area contributed by atoms with Crippen LogP contribution in [0.15, 0.2) is 77.9 Å². The van der Waals surface area contributed by atoms with E-state index in [2.05, 4.69) is 10.5 Å². The Labute approximate surface area is 165 Å². The quantitative estimate of drug-likeness (QED) is 0.342. The first-order chi connectivity index (χ1) is 14.0. The Kier molecular flexibility index (Phi) is 6.11. The van der Waals surface area contributed by atoms with E-state index in [1.807, 2.05) is 42.5 Å². The van der Waals surface area contributed by atoms with E-state index >= 15 is 0 Å². The second kappa shape index (κ2) is 9.09. The summed E-state index contributed by atoms with van der Waals surface area (Å²) >= 11 is 0. The van der Waals surface area contributed by atoms with Gasteiger partial charge < -0.3 is 4.74 Å². The molecule has 0 bridgehead atoms. The van der Waals surface area contributed by atoms with Gasteiger partial charge in [-0.05, 0) is 23.8 Å². The maximum absolute atomic E-state index is 11.2. The van der Waals surface area contributed by atoms with Gasteiger partial charge in [-0.15, -0.1) is 0 Å². The zero-order valence-electron chi connectivity index (χ0n) is 15.1. The Bertz CT molecular complexity index is 1050. The topological polar surface area (TPSA) is 120 Å². The number of hydrogen-bond donors (Lipinski definition) is 1. The van der Waals surface area contributed by atoms with Gasteiger partial charge in [0.15, 0.2) is 0 Å². The number of benzene rings is 3. The van der Waals surface area contributed by atoms with Gasteiger partial charge in [0.1, 0.15) is 18.0 Å². The summed E-state index contributed by atoms with van der Waals surface area (Å²) in [4.78, 5) is 20.6. The van der Waals surface area contributed by atoms with Crippen LogP contribution in [0.1, 0.15) is 11.1 Å². The lowest BCUT2D eigenvalue weighted by Crippen LogP contribution is -2.00. The van der Waals surface area contributed by atoms with Crippen molar-refractivity contribution in [2.75, 3.05) is 5.43 Å². The smallest absolute Gasteiger partial charge is 0.301 e. The third-order valence-corrected chi connectivity index (χ3v) is 3.93. The number of para-hydroxylation sites is 1. The molecular weight excluding hydrogens is 376 g/mol. The van der Waals surface area contributed by atoms with Crippen molar-refractivity contribution >= 4 is 23.3 Å². The molecule has 0 aliphatic carbocycles. The zero-order chi connectivity index (χ0) is 20.6. The Morgan fingerprint density at radius 1 is 0.931 bits per heavy atom. The number of nitrogens with zero attached hydrogens (tertiary/aromatic N) is 3. The highest BCUT2D eigenvalue weighted by Crippen LogP contribution is 2.29. The third kappa shape index (κ3) is 5.13. The highest BCUT2D eigenvalue weighted by atomic mass is 16.6. The fourth-order valence-corrected chi connectivity index (χ4v) is 2.50. The van der Waals surface area contributed by atoms with Crippen molar-refractivity contribution in [3.63, 3.8) is 0 Å². The molecule has 0 amide bonds. The summed E-state index contributed by atoms with van der Waals surface area (Å²) in [6, 6.07) is 20.2. The molecule has 0 heterocycles. The molecule has 9 heteroatoms. The average Bonchev–Trinajstić information content (AvgIpc) is 2.73. The number of ether oxygens (including phenoxy) is 1. The van der Waals surface area contributed by atoms with E-state index in [4.69, 9.17) is 4.74 Å². The van der Waals surface area contributed by atoms with E-state index in [1.165, 1.54) is 18.3 Å². The van der Waals surface area contributed by atoms with Crippen molar-refractivity contribution in [1.29, 1.82) is 0 Å². The second-order valence-corrected chi connectivity index (χ2v) is 5.90. The molecule has 0 aromatic heterocycles. The fourth-order valence-electron chi connectivity index (χ4n) is 2.50. The molecule has 0 aliphatic heterocycles. The van der Waals surface area contributed by atoms with Gasteiger partial charge in [0.25, 0.3) is 5.69 Å². The summed E-state index contributed by atoms with van der Waals surface area (Å²) in [5.74, 6) is 0.597. The second-order valence-electron chi connectivity index (χ2n) is 5.90. The van der Waals surface area contributed by atoms with Crippen LogP contribution in [-0.2, 0) is 6.61 Å². The number of rotatable bonds is 8. The standard InChI is InChI=1S/C20H16N4O5/c25-23(26)17-10-11-18(19(12-17)24(27)28)22-21-13-16-8-4-5-9-20(16)29-14-15-6-2-1-3-7-15/h1-13,22H,14H2/b21-13-. The molecule has 3 rings (SSSR count). The first-order valence-electron chi connectivity index (χ1n) is 8.52. The Hall–Kier alpha value is -4.27. The van der Waals surface area contributed by atoms with Crippen LogP contribution in [0.3, 0.4) is 0 Å². The molecule has 0 atom stereocenters. The molecule has 3 aromatic rings. The number of nitrogens with one attached hydrogen (secondary N) is 1. The van der Waals surface area contributed by atoms with Gasteiger partial charge in [0.2, 0.25) is 0 Å². The molecule has 3 aromatic carbocycles. The number of nitro benzene ring substituents is 2. The minimum atomic E-state index is -0.707. The minimum absolute atomic E-state index is 0.0412. The van der Waals surface area contributed by atoms with Crippen LogP contribution < -0.4 is 10.2 Å². The van der Waals surface area contributed by atoms with Gasteiger partial charge in [0.05, 0.1) is 22.1 Å². The van der Waals surface area contributed by atoms with Gasteiger partial charge in [-0.2, -0.15) is 5.10 Å². The average molecular weight is 392 g/mol. The van der Waals surface area contributed by atoms with Crippen molar-refractivity contribution in [2.45, 2.75) is 6.61 Å². The van der Waals surface area contributed by atoms with Crippen LogP contribution in [0.2, 0.25) is 0 Å². The van der Waals surface area contributed by atoms with Gasteiger partial charge in [-0.25, -0.2) is 0 Å². The van der Waals surface area contributed by atoms with Crippen LogP contribution in [-0.4, -0.2) is 16.1 Å². The summed E-state index contributed by atoms with van der Waals surface area (Å²) in [5, 5.41) is 26.0. The van der Waals surface area contributed by atoms with Crippen LogP contribution in [0.5, 0.6) is 5.75 Å². The number of hydrazone groups is 1. The van der Waals surface area contributed by atoms with E-state index in [0.29, 0.717) is 17.9 Å². The van der Waals surface area contributed by atoms with Crippen molar-refractivity contribution in [1.82, 2.24) is 0 Å². The molecule has 0 fully saturated rings. The van der Waals surface area contributed by atoms with Crippen molar-refractivity contribution < 1.29 is 14.6 Å². The predicted octanol–water partition coefficient (Wildman–Crippen LogP) is 4.53. The van der Waals surface area contributed by atoms with Gasteiger partial charge >= 0.3 is 5.69 Å². The first kappa shape index (κ1) is 19.5. The number of non-ortho nitro benzene ring substituents is 1. The van der Waals surface area contributed by atoms with Crippen molar-refractivity contribution in [3.05, 3.63) is 104 Å². The van der Waals surface area contributed by atoms with Gasteiger partial charge in [0, 0.05) is 11.6 Å². The number of hydrogen-bond acceptors (Lipinski definition) is 7. The van der Waals surface area contributed by atoms with E-state index in [1.54, 1.807) is 12.1 Å². The highest BCUT2D eigenvalue weighted by Gasteiger charge is 2.19. The normalized spacial score (nSPS) is 10.6. The first-order valence-corrected chi connectivity index (χ1v) is 8.52. The Morgan fingerprint density at radius 3 is 2.38 bits per heavy atom. The molecular formula is C20H16N4O5. The van der Waals surface area contributed by atoms with Gasteiger partial charge in [-0.3, -0.25) is 25.7 Å². The van der Waals surface area contributed by atoms with Gasteiger partial charge in [-0.1, -0.05) is 42.5 Å². The fraction of sp³-hybridized carbons (Fsp3) is 0.0500. The molecule has 0 unspecified atom stereocenters. The molecule has 0 saturated heterocycles. The maximum Gasteiger partial charge on any atom is 0.301 e. The highest BCUT2D eigenvalue weighted by molar-refractivity contribution is 5.84. The Morgan fingerprint density at radius 2 is 1.66 bits per heavy atom. The van der Waals surface area contributed by atoms with Crippen molar-refractivity contribution in [2.24, 2.45) is 5.10 Å². The summed E-state index contributed by atoms with van der Waals surface area (Å²) in [6.45, 7) is 0.382. The van der Waals surface area contributed by atoms with Crippen LogP contribution in [0.25, 0.3) is 0 Å². The molecule has 29 heavy (non-hydrogen) atoms. The summed E-state index contributed by atoms with van der Waals surface area (Å²) < 4.78 is 5.83. The lowest BCUT2D eigenvalue weighted by molar-refractivity contribution is -0.393. The zero-order valence-corrected chi connectivity index (χ0v) is 15.1. The van der Waals surface area contributed by atoms with Crippen molar-refractivity contribution in [3.8, 4) is 5.75 Å². The SMILES string of the molecule is O=[N+]([O-])c1ccc(N/N=C\c2ccccc2OCc2ccccc2)c([N+](=O)[O-])c1. The molecule has 9 nitrogen and oxygen atoms in total. The molecule has 0 aliphatic rings. The Balaban J connectivity index is 1.74. The number of nitro groups is 2. The monoisotopic (exact) mass is 392 g/mol. The lowest BCUT2D eigenvalue weighted by Gasteiger charge is -2.09. The van der Waals surface area contributed by atoms with E-state index in [9.17, 15) is 20.2 Å². The summed E-state index contributed by atoms with van der Waals surface area (Å²) in [6.07, 6.45) is 1.46. The third-order valence-electron chi connectivity index (χ3n) is 3.93. The predicted molar refractivity (Wildman–Crippen MR) is 108 cm³/mol. The molecule has 1 N–H and O–H groups in total.